The largest absolute Gasteiger partial charge is 0.480 e. The molecule has 0 fully saturated rings. The van der Waals surface area contributed by atoms with Crippen molar-refractivity contribution in [2.24, 2.45) is 0 Å². The number of halogens is 2. The molecule has 4 nitrogen and oxygen atoms in total. The summed E-state index contributed by atoms with van der Waals surface area (Å²) in [5, 5.41) is 11.7. The third-order valence-electron chi connectivity index (χ3n) is 2.83. The zero-order chi connectivity index (χ0) is 15.4. The number of hydrogen-bond acceptors (Lipinski definition) is 2. The minimum Gasteiger partial charge on any atom is -0.480 e. The first-order valence-electron chi connectivity index (χ1n) is 6.02. The minimum absolute atomic E-state index is 0.158. The summed E-state index contributed by atoms with van der Waals surface area (Å²) < 4.78 is 13.6. The lowest BCUT2D eigenvalue weighted by Gasteiger charge is -2.13. The molecule has 0 bridgehead atoms. The highest BCUT2D eigenvalue weighted by Crippen LogP contribution is 2.23. The molecule has 108 valence electrons. The van der Waals surface area contributed by atoms with Crippen LogP contribution in [0.5, 0.6) is 0 Å². The molecule has 2 rings (SSSR count). The van der Waals surface area contributed by atoms with E-state index >= 15 is 0 Å². The second kappa shape index (κ2) is 6.37. The lowest BCUT2D eigenvalue weighted by Crippen LogP contribution is -2.28. The van der Waals surface area contributed by atoms with E-state index in [0.29, 0.717) is 5.56 Å². The van der Waals surface area contributed by atoms with Gasteiger partial charge in [0.1, 0.15) is 5.82 Å². The van der Waals surface area contributed by atoms with E-state index in [1.807, 2.05) is 0 Å². The van der Waals surface area contributed by atoms with Crippen LogP contribution >= 0.6 is 11.6 Å². The van der Waals surface area contributed by atoms with Gasteiger partial charge in [-0.05, 0) is 23.8 Å². The second-order valence-electron chi connectivity index (χ2n) is 4.30. The highest BCUT2D eigenvalue weighted by molar-refractivity contribution is 6.31. The molecule has 0 radical (unpaired) electrons. The summed E-state index contributed by atoms with van der Waals surface area (Å²) >= 11 is 5.73. The maximum atomic E-state index is 13.6. The summed E-state index contributed by atoms with van der Waals surface area (Å²) in [4.78, 5) is 23.4. The van der Waals surface area contributed by atoms with Crippen LogP contribution in [0.3, 0.4) is 0 Å². The fraction of sp³-hybridized carbons (Fsp3) is 0.0667. The number of carboxylic acids is 1. The standard InChI is InChI=1S/C15H11ClFNO3/c16-10-6-7-11(17)12(8-10)18-14(19)13(15(20)21)9-4-2-1-3-5-9/h1-8,13H,(H,18,19)(H,20,21). The van der Waals surface area contributed by atoms with Crippen LogP contribution in [-0.4, -0.2) is 17.0 Å². The van der Waals surface area contributed by atoms with Crippen molar-refractivity contribution in [3.8, 4) is 0 Å². The number of rotatable bonds is 4. The Hall–Kier alpha value is -2.40. The molecule has 2 aromatic rings. The monoisotopic (exact) mass is 307 g/mol. The number of carboxylic acid groups (broad SMARTS) is 1. The molecule has 6 heteroatoms. The average Bonchev–Trinajstić information content (AvgIpc) is 2.44. The summed E-state index contributed by atoms with van der Waals surface area (Å²) in [7, 11) is 0. The van der Waals surface area contributed by atoms with E-state index in [9.17, 15) is 19.1 Å². The second-order valence-corrected chi connectivity index (χ2v) is 4.73. The number of benzene rings is 2. The van der Waals surface area contributed by atoms with Gasteiger partial charge in [0.05, 0.1) is 5.69 Å². The molecule has 0 saturated heterocycles. The van der Waals surface area contributed by atoms with Gasteiger partial charge >= 0.3 is 5.97 Å². The van der Waals surface area contributed by atoms with Crippen molar-refractivity contribution in [1.29, 1.82) is 0 Å². The third-order valence-corrected chi connectivity index (χ3v) is 3.06. The summed E-state index contributed by atoms with van der Waals surface area (Å²) in [6.07, 6.45) is 0. The molecule has 1 amide bonds. The van der Waals surface area contributed by atoms with Gasteiger partial charge in [-0.1, -0.05) is 41.9 Å². The Bertz CT molecular complexity index is 676. The molecule has 21 heavy (non-hydrogen) atoms. The Labute approximate surface area is 125 Å². The average molecular weight is 308 g/mol. The fourth-order valence-electron chi connectivity index (χ4n) is 1.85. The molecule has 0 aliphatic rings. The minimum atomic E-state index is -1.43. The molecule has 2 N–H and O–H groups in total. The summed E-state index contributed by atoms with van der Waals surface area (Å²) in [6.45, 7) is 0. The smallest absolute Gasteiger partial charge is 0.320 e. The first kappa shape index (κ1) is 15.0. The molecule has 0 saturated carbocycles. The van der Waals surface area contributed by atoms with Crippen LogP contribution in [0, 0.1) is 5.82 Å². The van der Waals surface area contributed by atoms with Crippen molar-refractivity contribution in [3.63, 3.8) is 0 Å². The SMILES string of the molecule is O=C(O)C(C(=O)Nc1cc(Cl)ccc1F)c1ccccc1. The zero-order valence-corrected chi connectivity index (χ0v) is 11.5. The van der Waals surface area contributed by atoms with Crippen LogP contribution in [-0.2, 0) is 9.59 Å². The van der Waals surface area contributed by atoms with E-state index in [2.05, 4.69) is 5.32 Å². The van der Waals surface area contributed by atoms with Crippen LogP contribution in [0.2, 0.25) is 5.02 Å². The van der Waals surface area contributed by atoms with Gasteiger partial charge in [-0.3, -0.25) is 9.59 Å². The molecule has 0 aliphatic heterocycles. The molecule has 0 aromatic heterocycles. The maximum absolute atomic E-state index is 13.6. The normalized spacial score (nSPS) is 11.7. The van der Waals surface area contributed by atoms with Crippen LogP contribution in [0.1, 0.15) is 11.5 Å². The van der Waals surface area contributed by atoms with E-state index in [4.69, 9.17) is 11.6 Å². The molecular formula is C15H11ClFNO3. The van der Waals surface area contributed by atoms with Crippen LogP contribution in [0.4, 0.5) is 10.1 Å². The maximum Gasteiger partial charge on any atom is 0.320 e. The van der Waals surface area contributed by atoms with Gasteiger partial charge in [0, 0.05) is 5.02 Å². The van der Waals surface area contributed by atoms with E-state index in [-0.39, 0.29) is 10.7 Å². The Morgan fingerprint density at radius 3 is 2.43 bits per heavy atom. The Morgan fingerprint density at radius 2 is 1.81 bits per heavy atom. The van der Waals surface area contributed by atoms with Crippen molar-refractivity contribution in [2.45, 2.75) is 5.92 Å². The Morgan fingerprint density at radius 1 is 1.14 bits per heavy atom. The van der Waals surface area contributed by atoms with Gasteiger partial charge in [-0.2, -0.15) is 0 Å². The molecule has 0 aliphatic carbocycles. The Kier molecular flexibility index (Phi) is 4.55. The first-order chi connectivity index (χ1) is 9.99. The van der Waals surface area contributed by atoms with Crippen molar-refractivity contribution >= 4 is 29.2 Å². The van der Waals surface area contributed by atoms with E-state index in [1.165, 1.54) is 24.3 Å². The van der Waals surface area contributed by atoms with Gasteiger partial charge in [0.15, 0.2) is 5.92 Å². The number of nitrogens with one attached hydrogen (secondary N) is 1. The summed E-state index contributed by atoms with van der Waals surface area (Å²) in [5.41, 5.74) is 0.152. The predicted octanol–water partition coefficient (Wildman–Crippen LogP) is 3.29. The van der Waals surface area contributed by atoms with Crippen LogP contribution in [0.25, 0.3) is 0 Å². The number of hydrogen-bond donors (Lipinski definition) is 2. The summed E-state index contributed by atoms with van der Waals surface area (Å²) in [6, 6.07) is 11.6. The first-order valence-corrected chi connectivity index (χ1v) is 6.40. The van der Waals surface area contributed by atoms with E-state index in [1.54, 1.807) is 18.2 Å². The predicted molar refractivity (Wildman–Crippen MR) is 76.9 cm³/mol. The highest BCUT2D eigenvalue weighted by Gasteiger charge is 2.28. The van der Waals surface area contributed by atoms with Gasteiger partial charge < -0.3 is 10.4 Å². The van der Waals surface area contributed by atoms with Gasteiger partial charge in [0.2, 0.25) is 5.91 Å². The highest BCUT2D eigenvalue weighted by atomic mass is 35.5. The van der Waals surface area contributed by atoms with Crippen molar-refractivity contribution in [3.05, 3.63) is 64.9 Å². The number of aliphatic carboxylic acids is 1. The zero-order valence-electron chi connectivity index (χ0n) is 10.7. The number of amides is 1. The molecule has 1 atom stereocenters. The molecule has 0 heterocycles. The lowest BCUT2D eigenvalue weighted by atomic mass is 9.98. The van der Waals surface area contributed by atoms with Gasteiger partial charge in [-0.15, -0.1) is 0 Å². The number of carbonyl (C=O) groups excluding carboxylic acids is 1. The molecular weight excluding hydrogens is 297 g/mol. The molecule has 1 unspecified atom stereocenters. The third kappa shape index (κ3) is 3.58. The van der Waals surface area contributed by atoms with Crippen molar-refractivity contribution in [1.82, 2.24) is 0 Å². The quantitative estimate of drug-likeness (QED) is 0.852. The lowest BCUT2D eigenvalue weighted by molar-refractivity contribution is -0.141. The summed E-state index contributed by atoms with van der Waals surface area (Å²) in [5.74, 6) is -4.27. The Balaban J connectivity index is 2.28. The van der Waals surface area contributed by atoms with E-state index in [0.717, 1.165) is 6.07 Å². The topological polar surface area (TPSA) is 66.4 Å². The van der Waals surface area contributed by atoms with Gasteiger partial charge in [0.25, 0.3) is 0 Å². The van der Waals surface area contributed by atoms with Gasteiger partial charge in [-0.25, -0.2) is 4.39 Å². The van der Waals surface area contributed by atoms with Crippen LogP contribution in [0.15, 0.2) is 48.5 Å². The van der Waals surface area contributed by atoms with Crippen LogP contribution < -0.4 is 5.32 Å². The molecule has 0 spiro atoms. The molecule has 2 aromatic carbocycles. The van der Waals surface area contributed by atoms with Crippen molar-refractivity contribution < 1.29 is 19.1 Å². The van der Waals surface area contributed by atoms with Crippen molar-refractivity contribution in [2.75, 3.05) is 5.32 Å². The number of anilines is 1. The van der Waals surface area contributed by atoms with E-state index < -0.39 is 23.6 Å². The number of carbonyl (C=O) groups is 2. The fourth-order valence-corrected chi connectivity index (χ4v) is 2.02.